The molecule has 1 aliphatic heterocycles. The van der Waals surface area contributed by atoms with E-state index in [2.05, 4.69) is 10.3 Å². The number of nitrogens with one attached hydrogen (secondary N) is 1. The Balaban J connectivity index is 1.44. The number of rotatable bonds is 6. The Kier molecular flexibility index (Phi) is 6.78. The van der Waals surface area contributed by atoms with Crippen molar-refractivity contribution < 1.29 is 27.9 Å². The van der Waals surface area contributed by atoms with Gasteiger partial charge in [0.15, 0.2) is 12.0 Å². The smallest absolute Gasteiger partial charge is 0.409 e. The number of pyridine rings is 1. The van der Waals surface area contributed by atoms with Crippen LogP contribution in [-0.2, 0) is 22.6 Å². The minimum absolute atomic E-state index is 0.0829. The molecule has 4 rings (SSSR count). The minimum atomic E-state index is -1.38. The van der Waals surface area contributed by atoms with Gasteiger partial charge in [0.1, 0.15) is 24.2 Å². The molecule has 8 nitrogen and oxygen atoms in total. The third-order valence-electron chi connectivity index (χ3n) is 5.54. The van der Waals surface area contributed by atoms with E-state index in [4.69, 9.17) is 16.3 Å². The zero-order valence-corrected chi connectivity index (χ0v) is 18.9. The number of halogens is 3. The molecule has 2 aromatic heterocycles. The number of ether oxygens (including phenoxy) is 1. The van der Waals surface area contributed by atoms with Gasteiger partial charge in [0, 0.05) is 41.9 Å². The lowest BCUT2D eigenvalue weighted by Gasteiger charge is -2.24. The van der Waals surface area contributed by atoms with Gasteiger partial charge in [-0.15, -0.1) is 0 Å². The Labute approximate surface area is 198 Å². The molecule has 178 valence electrons. The van der Waals surface area contributed by atoms with Crippen molar-refractivity contribution in [1.29, 1.82) is 0 Å². The molecule has 1 fully saturated rings. The predicted octanol–water partition coefficient (Wildman–Crippen LogP) is 3.85. The molecule has 0 saturated carbocycles. The second kappa shape index (κ2) is 9.76. The molecule has 1 aliphatic rings. The summed E-state index contributed by atoms with van der Waals surface area (Å²) in [6.07, 6.45) is -0.548. The van der Waals surface area contributed by atoms with E-state index < -0.39 is 30.2 Å². The van der Waals surface area contributed by atoms with Gasteiger partial charge in [0.25, 0.3) is 0 Å². The Morgan fingerprint density at radius 3 is 2.82 bits per heavy atom. The second-order valence-electron chi connectivity index (χ2n) is 7.91. The number of hydrogen-bond donors (Lipinski definition) is 1. The molecule has 1 aromatic carbocycles. The fraction of sp³-hybridized carbons (Fsp3) is 0.304. The first-order valence-corrected chi connectivity index (χ1v) is 10.9. The lowest BCUT2D eigenvalue weighted by molar-refractivity contribution is -0.138. The molecule has 0 radical (unpaired) electrons. The van der Waals surface area contributed by atoms with Crippen molar-refractivity contribution in [2.45, 2.75) is 38.8 Å². The number of ketones is 1. The monoisotopic (exact) mass is 490 g/mol. The molecule has 0 aliphatic carbocycles. The van der Waals surface area contributed by atoms with E-state index >= 15 is 0 Å². The van der Waals surface area contributed by atoms with Crippen LogP contribution in [0.15, 0.2) is 42.7 Å². The Bertz CT molecular complexity index is 1260. The molecule has 1 saturated heterocycles. The van der Waals surface area contributed by atoms with Crippen LogP contribution in [0.25, 0.3) is 11.0 Å². The molecule has 0 bridgehead atoms. The van der Waals surface area contributed by atoms with E-state index in [9.17, 15) is 23.2 Å². The zero-order chi connectivity index (χ0) is 24.4. The van der Waals surface area contributed by atoms with Crippen molar-refractivity contribution in [3.8, 4) is 0 Å². The molecule has 34 heavy (non-hydrogen) atoms. The summed E-state index contributed by atoms with van der Waals surface area (Å²) in [6, 6.07) is 7.79. The van der Waals surface area contributed by atoms with Crippen LogP contribution < -0.4 is 5.32 Å². The second-order valence-corrected chi connectivity index (χ2v) is 8.31. The highest BCUT2D eigenvalue weighted by atomic mass is 35.5. The fourth-order valence-corrected chi connectivity index (χ4v) is 4.10. The first-order valence-electron chi connectivity index (χ1n) is 10.5. The summed E-state index contributed by atoms with van der Waals surface area (Å²) >= 11 is 5.73. The number of likely N-dealkylation sites (tertiary alicyclic amines) is 1. The van der Waals surface area contributed by atoms with Gasteiger partial charge in [0.2, 0.25) is 5.91 Å². The normalized spacial score (nSPS) is 17.7. The Morgan fingerprint density at radius 1 is 1.26 bits per heavy atom. The number of alkyl halides is 1. The highest BCUT2D eigenvalue weighted by Gasteiger charge is 2.38. The number of benzene rings is 1. The molecule has 3 heterocycles. The van der Waals surface area contributed by atoms with E-state index in [0.717, 1.165) is 4.90 Å². The highest BCUT2D eigenvalue weighted by Crippen LogP contribution is 2.24. The number of alkyl carbamates (subject to hydrolysis) is 1. The molecule has 3 aromatic rings. The van der Waals surface area contributed by atoms with Crippen LogP contribution in [-0.4, -0.2) is 51.2 Å². The summed E-state index contributed by atoms with van der Waals surface area (Å²) in [7, 11) is 0. The topological polar surface area (TPSA) is 93.5 Å². The lowest BCUT2D eigenvalue weighted by atomic mass is 10.2. The van der Waals surface area contributed by atoms with Crippen molar-refractivity contribution in [2.75, 3.05) is 6.54 Å². The van der Waals surface area contributed by atoms with Crippen molar-refractivity contribution in [2.24, 2.45) is 0 Å². The van der Waals surface area contributed by atoms with Crippen molar-refractivity contribution in [1.82, 2.24) is 19.8 Å². The number of Topliss-reactive ketones (excluding diaryl/α,β-unsaturated/α-hetero) is 1. The summed E-state index contributed by atoms with van der Waals surface area (Å²) in [4.78, 5) is 42.6. The lowest BCUT2D eigenvalue weighted by Crippen LogP contribution is -2.42. The van der Waals surface area contributed by atoms with Crippen molar-refractivity contribution >= 4 is 40.4 Å². The maximum atomic E-state index is 14.2. The largest absolute Gasteiger partial charge is 0.425 e. The Morgan fingerprint density at radius 2 is 2.06 bits per heavy atom. The van der Waals surface area contributed by atoms with Gasteiger partial charge in [-0.1, -0.05) is 23.7 Å². The number of aromatic nitrogens is 2. The number of carbonyl (C=O) groups is 3. The van der Waals surface area contributed by atoms with Crippen LogP contribution in [0.5, 0.6) is 0 Å². The van der Waals surface area contributed by atoms with E-state index in [1.165, 1.54) is 35.9 Å². The number of amides is 2. The van der Waals surface area contributed by atoms with E-state index in [1.807, 2.05) is 0 Å². The van der Waals surface area contributed by atoms with Gasteiger partial charge in [-0.2, -0.15) is 0 Å². The first-order chi connectivity index (χ1) is 16.2. The standard InChI is InChI=1S/C23H21ClF2N4O4/c1-13(31)17-11-29(22-16(17)5-3-7-27-22)12-19(32)30-10-15(25)8-20(30)34-23(33)28-9-14-4-2-6-18(24)21(14)26/h2-7,11,15,20H,8-10,12H2,1H3,(H,28,33)/t15-,20+/m1/s1. The maximum Gasteiger partial charge on any atom is 0.409 e. The van der Waals surface area contributed by atoms with Crippen LogP contribution in [0.4, 0.5) is 13.6 Å². The number of hydrogen-bond acceptors (Lipinski definition) is 5. The molecular formula is C23H21ClF2N4O4. The molecule has 2 atom stereocenters. The Hall–Kier alpha value is -3.53. The molecule has 2 amide bonds. The van der Waals surface area contributed by atoms with Gasteiger partial charge in [0.05, 0.1) is 11.6 Å². The summed E-state index contributed by atoms with van der Waals surface area (Å²) in [5, 5.41) is 2.91. The average molecular weight is 491 g/mol. The fourth-order valence-electron chi connectivity index (χ4n) is 3.90. The minimum Gasteiger partial charge on any atom is -0.425 e. The summed E-state index contributed by atoms with van der Waals surface area (Å²) in [5.74, 6) is -1.34. The van der Waals surface area contributed by atoms with Gasteiger partial charge in [-0.05, 0) is 25.1 Å². The van der Waals surface area contributed by atoms with Crippen LogP contribution in [0.3, 0.4) is 0 Å². The maximum absolute atomic E-state index is 14.2. The van der Waals surface area contributed by atoms with Crippen LogP contribution in [0, 0.1) is 5.82 Å². The van der Waals surface area contributed by atoms with Gasteiger partial charge in [-0.25, -0.2) is 18.6 Å². The first kappa shape index (κ1) is 23.6. The summed E-state index contributed by atoms with van der Waals surface area (Å²) in [6.45, 7) is 0.758. The van der Waals surface area contributed by atoms with Gasteiger partial charge in [-0.3, -0.25) is 9.59 Å². The number of nitrogens with zero attached hydrogens (tertiary/aromatic N) is 3. The highest BCUT2D eigenvalue weighted by molar-refractivity contribution is 6.30. The van der Waals surface area contributed by atoms with E-state index in [1.54, 1.807) is 18.3 Å². The predicted molar refractivity (Wildman–Crippen MR) is 119 cm³/mol. The summed E-state index contributed by atoms with van der Waals surface area (Å²) in [5.41, 5.74) is 1.01. The summed E-state index contributed by atoms with van der Waals surface area (Å²) < 4.78 is 34.9. The van der Waals surface area contributed by atoms with Crippen LogP contribution in [0.1, 0.15) is 29.3 Å². The van der Waals surface area contributed by atoms with Crippen LogP contribution >= 0.6 is 11.6 Å². The molecule has 11 heteroatoms. The SMILES string of the molecule is CC(=O)c1cn(CC(=O)N2C[C@H](F)C[C@@H]2OC(=O)NCc2cccc(Cl)c2F)c2ncccc12. The molecule has 1 N–H and O–H groups in total. The quantitative estimate of drug-likeness (QED) is 0.530. The van der Waals surface area contributed by atoms with Crippen molar-refractivity contribution in [3.05, 3.63) is 64.7 Å². The number of fused-ring (bicyclic) bond motifs is 1. The third kappa shape index (κ3) is 4.86. The van der Waals surface area contributed by atoms with Gasteiger partial charge >= 0.3 is 6.09 Å². The van der Waals surface area contributed by atoms with Crippen LogP contribution in [0.2, 0.25) is 5.02 Å². The van der Waals surface area contributed by atoms with E-state index in [0.29, 0.717) is 16.6 Å². The van der Waals surface area contributed by atoms with E-state index in [-0.39, 0.29) is 42.4 Å². The molecule has 0 unspecified atom stereocenters. The average Bonchev–Trinajstić information content (AvgIpc) is 3.35. The van der Waals surface area contributed by atoms with Gasteiger partial charge < -0.3 is 19.5 Å². The molecular weight excluding hydrogens is 470 g/mol. The zero-order valence-electron chi connectivity index (χ0n) is 18.1. The number of carbonyl (C=O) groups excluding carboxylic acids is 3. The molecule has 0 spiro atoms. The third-order valence-corrected chi connectivity index (χ3v) is 5.83. The van der Waals surface area contributed by atoms with Crippen molar-refractivity contribution in [3.63, 3.8) is 0 Å².